The molecule has 96 valence electrons. The second-order valence-corrected chi connectivity index (χ2v) is 5.30. The van der Waals surface area contributed by atoms with Gasteiger partial charge >= 0.3 is 0 Å². The molecule has 0 saturated heterocycles. The van der Waals surface area contributed by atoms with Gasteiger partial charge in [-0.15, -0.1) is 0 Å². The van der Waals surface area contributed by atoms with E-state index in [1.165, 1.54) is 0 Å². The maximum Gasteiger partial charge on any atom is 0.234 e. The molecule has 0 aliphatic carbocycles. The third kappa shape index (κ3) is 4.99. The van der Waals surface area contributed by atoms with Gasteiger partial charge in [0.15, 0.2) is 0 Å². The fourth-order valence-corrected chi connectivity index (χ4v) is 1.60. The van der Waals surface area contributed by atoms with Gasteiger partial charge in [-0.2, -0.15) is 5.10 Å². The van der Waals surface area contributed by atoms with E-state index in [0.29, 0.717) is 13.1 Å². The molecule has 1 amide bonds. The topological polar surface area (TPSA) is 59.0 Å². The lowest BCUT2D eigenvalue weighted by Crippen LogP contribution is -2.44. The van der Waals surface area contributed by atoms with Crippen molar-refractivity contribution in [1.82, 2.24) is 20.4 Å². The van der Waals surface area contributed by atoms with Crippen LogP contribution in [-0.4, -0.2) is 27.8 Å². The molecule has 0 aliphatic heterocycles. The molecule has 5 heteroatoms. The Bertz CT molecular complexity index is 390. The van der Waals surface area contributed by atoms with Crippen LogP contribution in [0.5, 0.6) is 0 Å². The first-order chi connectivity index (χ1) is 7.78. The smallest absolute Gasteiger partial charge is 0.234 e. The molecule has 0 spiro atoms. The highest BCUT2D eigenvalue weighted by Crippen LogP contribution is 2.01. The lowest BCUT2D eigenvalue weighted by Gasteiger charge is -2.20. The summed E-state index contributed by atoms with van der Waals surface area (Å²) in [7, 11) is 1.90. The van der Waals surface area contributed by atoms with Crippen LogP contribution in [0.25, 0.3) is 0 Å². The van der Waals surface area contributed by atoms with Gasteiger partial charge in [0.25, 0.3) is 0 Å². The summed E-state index contributed by atoms with van der Waals surface area (Å²) in [6.45, 7) is 8.83. The van der Waals surface area contributed by atoms with Gasteiger partial charge < -0.3 is 10.6 Å². The molecule has 1 aromatic heterocycles. The number of carbonyl (C=O) groups is 1. The van der Waals surface area contributed by atoms with E-state index in [1.807, 2.05) is 45.5 Å². The van der Waals surface area contributed by atoms with E-state index in [1.54, 1.807) is 0 Å². The first kappa shape index (κ1) is 13.7. The molecule has 0 fully saturated rings. The first-order valence-corrected chi connectivity index (χ1v) is 5.79. The monoisotopic (exact) mass is 238 g/mol. The maximum atomic E-state index is 11.5. The van der Waals surface area contributed by atoms with Gasteiger partial charge in [0.05, 0.1) is 17.9 Å². The summed E-state index contributed by atoms with van der Waals surface area (Å²) in [5, 5.41) is 10.3. The zero-order chi connectivity index (χ0) is 13.1. The number of nitrogens with one attached hydrogen (secondary N) is 2. The number of amides is 1. The van der Waals surface area contributed by atoms with Crippen LogP contribution in [0.15, 0.2) is 6.07 Å². The highest BCUT2D eigenvalue weighted by atomic mass is 16.2. The molecular formula is C12H22N4O. The Kier molecular flexibility index (Phi) is 4.28. The number of hydrogen-bond donors (Lipinski definition) is 2. The second-order valence-electron chi connectivity index (χ2n) is 5.30. The normalized spacial score (nSPS) is 11.6. The summed E-state index contributed by atoms with van der Waals surface area (Å²) < 4.78 is 1.82. The van der Waals surface area contributed by atoms with Crippen molar-refractivity contribution in [2.75, 3.05) is 6.54 Å². The molecule has 0 atom stereocenters. The SMILES string of the molecule is Cc1cc(CNCC(=O)NC(C)(C)C)n(C)n1. The second kappa shape index (κ2) is 5.31. The largest absolute Gasteiger partial charge is 0.350 e. The Labute approximate surface area is 103 Å². The Morgan fingerprint density at radius 1 is 1.47 bits per heavy atom. The van der Waals surface area contributed by atoms with E-state index >= 15 is 0 Å². The molecule has 17 heavy (non-hydrogen) atoms. The van der Waals surface area contributed by atoms with Crippen molar-refractivity contribution in [3.63, 3.8) is 0 Å². The Morgan fingerprint density at radius 3 is 2.59 bits per heavy atom. The lowest BCUT2D eigenvalue weighted by atomic mass is 10.1. The molecule has 0 aliphatic rings. The van der Waals surface area contributed by atoms with Crippen molar-refractivity contribution in [3.05, 3.63) is 17.5 Å². The summed E-state index contributed by atoms with van der Waals surface area (Å²) >= 11 is 0. The molecule has 0 radical (unpaired) electrons. The van der Waals surface area contributed by atoms with Gasteiger partial charge in [-0.1, -0.05) is 0 Å². The van der Waals surface area contributed by atoms with Crippen LogP contribution in [0.1, 0.15) is 32.2 Å². The third-order valence-electron chi connectivity index (χ3n) is 2.20. The number of aromatic nitrogens is 2. The molecule has 1 rings (SSSR count). The van der Waals surface area contributed by atoms with Crippen LogP contribution in [0, 0.1) is 6.92 Å². The average Bonchev–Trinajstić information content (AvgIpc) is 2.42. The summed E-state index contributed by atoms with van der Waals surface area (Å²) in [6.07, 6.45) is 0. The predicted octanol–water partition coefficient (Wildman–Crippen LogP) is 0.733. The predicted molar refractivity (Wildman–Crippen MR) is 67.5 cm³/mol. The van der Waals surface area contributed by atoms with E-state index in [2.05, 4.69) is 15.7 Å². The molecule has 1 aromatic rings. The van der Waals surface area contributed by atoms with E-state index in [-0.39, 0.29) is 11.4 Å². The summed E-state index contributed by atoms with van der Waals surface area (Å²) in [4.78, 5) is 11.5. The lowest BCUT2D eigenvalue weighted by molar-refractivity contribution is -0.121. The molecule has 2 N–H and O–H groups in total. The van der Waals surface area contributed by atoms with Crippen LogP contribution >= 0.6 is 0 Å². The van der Waals surface area contributed by atoms with Crippen molar-refractivity contribution in [2.24, 2.45) is 7.05 Å². The Hall–Kier alpha value is -1.36. The van der Waals surface area contributed by atoms with Crippen molar-refractivity contribution in [3.8, 4) is 0 Å². The quantitative estimate of drug-likeness (QED) is 0.813. The minimum atomic E-state index is -0.179. The minimum absolute atomic E-state index is 0.0105. The van der Waals surface area contributed by atoms with Crippen LogP contribution in [0.4, 0.5) is 0 Å². The third-order valence-corrected chi connectivity index (χ3v) is 2.20. The van der Waals surface area contributed by atoms with Crippen molar-refractivity contribution < 1.29 is 4.79 Å². The standard InChI is InChI=1S/C12H22N4O/c1-9-6-10(16(5)15-9)7-13-8-11(17)14-12(2,3)4/h6,13H,7-8H2,1-5H3,(H,14,17). The van der Waals surface area contributed by atoms with Gasteiger partial charge in [-0.05, 0) is 33.8 Å². The number of rotatable bonds is 4. The van der Waals surface area contributed by atoms with E-state index in [4.69, 9.17) is 0 Å². The van der Waals surface area contributed by atoms with Gasteiger partial charge in [-0.25, -0.2) is 0 Å². The molecule has 0 bridgehead atoms. The molecule has 5 nitrogen and oxygen atoms in total. The summed E-state index contributed by atoms with van der Waals surface area (Å²) in [5.41, 5.74) is 1.89. The summed E-state index contributed by atoms with van der Waals surface area (Å²) in [6, 6.07) is 2.01. The zero-order valence-electron chi connectivity index (χ0n) is 11.3. The number of aryl methyl sites for hydroxylation is 2. The molecule has 1 heterocycles. The first-order valence-electron chi connectivity index (χ1n) is 5.79. The van der Waals surface area contributed by atoms with E-state index < -0.39 is 0 Å². The van der Waals surface area contributed by atoms with E-state index in [0.717, 1.165) is 11.4 Å². The van der Waals surface area contributed by atoms with Crippen LogP contribution < -0.4 is 10.6 Å². The van der Waals surface area contributed by atoms with E-state index in [9.17, 15) is 4.79 Å². The van der Waals surface area contributed by atoms with Crippen molar-refractivity contribution in [1.29, 1.82) is 0 Å². The minimum Gasteiger partial charge on any atom is -0.350 e. The van der Waals surface area contributed by atoms with Gasteiger partial charge in [-0.3, -0.25) is 9.48 Å². The van der Waals surface area contributed by atoms with Crippen molar-refractivity contribution >= 4 is 5.91 Å². The van der Waals surface area contributed by atoms with Crippen LogP contribution in [0.3, 0.4) is 0 Å². The molecule has 0 aromatic carbocycles. The fraction of sp³-hybridized carbons (Fsp3) is 0.667. The van der Waals surface area contributed by atoms with Crippen LogP contribution in [-0.2, 0) is 18.4 Å². The molecule has 0 saturated carbocycles. The number of carbonyl (C=O) groups excluding carboxylic acids is 1. The highest BCUT2D eigenvalue weighted by molar-refractivity contribution is 5.78. The van der Waals surface area contributed by atoms with Crippen LogP contribution in [0.2, 0.25) is 0 Å². The van der Waals surface area contributed by atoms with Crippen molar-refractivity contribution in [2.45, 2.75) is 39.8 Å². The average molecular weight is 238 g/mol. The Balaban J connectivity index is 2.33. The number of hydrogen-bond acceptors (Lipinski definition) is 3. The van der Waals surface area contributed by atoms with Gasteiger partial charge in [0, 0.05) is 19.1 Å². The molecular weight excluding hydrogens is 216 g/mol. The fourth-order valence-electron chi connectivity index (χ4n) is 1.60. The maximum absolute atomic E-state index is 11.5. The summed E-state index contributed by atoms with van der Waals surface area (Å²) in [5.74, 6) is 0.0105. The van der Waals surface area contributed by atoms with Gasteiger partial charge in [0.2, 0.25) is 5.91 Å². The zero-order valence-corrected chi connectivity index (χ0v) is 11.3. The van der Waals surface area contributed by atoms with Gasteiger partial charge in [0.1, 0.15) is 0 Å². The highest BCUT2D eigenvalue weighted by Gasteiger charge is 2.13. The Morgan fingerprint density at radius 2 is 2.12 bits per heavy atom. The molecule has 0 unspecified atom stereocenters. The number of nitrogens with zero attached hydrogens (tertiary/aromatic N) is 2.